The highest BCUT2D eigenvalue weighted by Gasteiger charge is 2.23. The highest BCUT2D eigenvalue weighted by atomic mass is 16.5. The molecule has 2 aromatic rings. The van der Waals surface area contributed by atoms with Gasteiger partial charge in [-0.15, -0.1) is 0 Å². The number of carbonyl (C=O) groups is 3. The smallest absolute Gasteiger partial charge is 0.328 e. The summed E-state index contributed by atoms with van der Waals surface area (Å²) in [4.78, 5) is 50.8. The third-order valence-corrected chi connectivity index (χ3v) is 6.38. The maximum Gasteiger partial charge on any atom is 0.328 e. The molecule has 200 valence electrons. The van der Waals surface area contributed by atoms with Gasteiger partial charge in [0.05, 0.1) is 24.4 Å². The predicted octanol–water partition coefficient (Wildman–Crippen LogP) is 2.05. The molecule has 1 saturated heterocycles. The van der Waals surface area contributed by atoms with Crippen LogP contribution in [-0.2, 0) is 16.1 Å². The van der Waals surface area contributed by atoms with Crippen molar-refractivity contribution >= 4 is 35.5 Å². The van der Waals surface area contributed by atoms with Crippen molar-refractivity contribution in [3.63, 3.8) is 0 Å². The van der Waals surface area contributed by atoms with E-state index in [1.807, 2.05) is 11.9 Å². The van der Waals surface area contributed by atoms with Gasteiger partial charge in [-0.1, -0.05) is 17.9 Å². The number of nitrogens with one attached hydrogen (secondary N) is 2. The topological polar surface area (TPSA) is 120 Å². The highest BCUT2D eigenvalue weighted by Crippen LogP contribution is 2.28. The first-order valence-electron chi connectivity index (χ1n) is 12.6. The lowest BCUT2D eigenvalue weighted by molar-refractivity contribution is -0.136. The number of likely N-dealkylation sites (N-methyl/N-ethyl adjacent to an activating group) is 1. The lowest BCUT2D eigenvalue weighted by atomic mass is 10.1. The number of pyridine rings is 2. The van der Waals surface area contributed by atoms with E-state index in [-0.39, 0.29) is 11.6 Å². The van der Waals surface area contributed by atoms with Crippen LogP contribution in [0.5, 0.6) is 0 Å². The molecule has 3 heterocycles. The Morgan fingerprint density at radius 3 is 2.84 bits per heavy atom. The Hall–Kier alpha value is -4.01. The summed E-state index contributed by atoms with van der Waals surface area (Å²) in [6.45, 7) is 3.09. The van der Waals surface area contributed by atoms with Gasteiger partial charge >= 0.3 is 6.03 Å². The molecule has 4 rings (SSSR count). The average molecular weight is 520 g/mol. The Kier molecular flexibility index (Phi) is 8.89. The number of ether oxygens (including phenoxy) is 1. The van der Waals surface area contributed by atoms with E-state index in [1.54, 1.807) is 43.5 Å². The minimum Gasteiger partial charge on any atom is -0.383 e. The van der Waals surface area contributed by atoms with Crippen LogP contribution in [0.4, 0.5) is 22.1 Å². The number of amides is 3. The van der Waals surface area contributed by atoms with Crippen LogP contribution in [0.25, 0.3) is 0 Å². The molecular formula is C27H33N7O4. The number of carbonyl (C=O) groups excluding carboxylic acids is 3. The quantitative estimate of drug-likeness (QED) is 0.294. The van der Waals surface area contributed by atoms with Gasteiger partial charge in [0.15, 0.2) is 6.29 Å². The molecule has 2 N–H and O–H groups in total. The summed E-state index contributed by atoms with van der Waals surface area (Å²) >= 11 is 0. The van der Waals surface area contributed by atoms with E-state index in [0.29, 0.717) is 62.2 Å². The van der Waals surface area contributed by atoms with E-state index in [0.717, 1.165) is 30.6 Å². The Morgan fingerprint density at radius 1 is 1.32 bits per heavy atom. The number of nitrogens with zero attached hydrogens (tertiary/aromatic N) is 5. The molecule has 0 atom stereocenters. The summed E-state index contributed by atoms with van der Waals surface area (Å²) in [5.74, 6) is 7.50. The number of hydrogen-bond acceptors (Lipinski definition) is 8. The molecule has 0 radical (unpaired) electrons. The zero-order valence-corrected chi connectivity index (χ0v) is 22.0. The molecular weight excluding hydrogens is 486 g/mol. The molecule has 0 aromatic carbocycles. The summed E-state index contributed by atoms with van der Waals surface area (Å²) < 4.78 is 5.12. The van der Waals surface area contributed by atoms with Crippen LogP contribution in [0, 0.1) is 17.8 Å². The molecule has 3 amide bonds. The lowest BCUT2D eigenvalue weighted by Gasteiger charge is -2.32. The van der Waals surface area contributed by atoms with Gasteiger partial charge in [0, 0.05) is 64.1 Å². The molecule has 38 heavy (non-hydrogen) atoms. The standard InChI is InChI=1S/C27H33N7O4/c1-32-11-12-34(26(36)17-32)16-21-8-9-25(30-23(21)18-35)33(2)27(37)31-24-14-22(28-10-13-38-3)20(15-29-24)7-6-19-4-5-19/h8-9,14-15,18-19H,4-5,10-13,16-17H2,1-3H3,(H2,28,29,31,37). The third-order valence-electron chi connectivity index (χ3n) is 6.38. The molecule has 1 saturated carbocycles. The number of aromatic nitrogens is 2. The van der Waals surface area contributed by atoms with Crippen molar-refractivity contribution in [2.45, 2.75) is 19.4 Å². The van der Waals surface area contributed by atoms with Crippen molar-refractivity contribution in [2.75, 3.05) is 69.5 Å². The molecule has 2 fully saturated rings. The first-order valence-corrected chi connectivity index (χ1v) is 12.6. The summed E-state index contributed by atoms with van der Waals surface area (Å²) in [6, 6.07) is 4.65. The van der Waals surface area contributed by atoms with Gasteiger partial charge in [-0.3, -0.25) is 24.7 Å². The van der Waals surface area contributed by atoms with Gasteiger partial charge in [-0.25, -0.2) is 14.8 Å². The van der Waals surface area contributed by atoms with Crippen LogP contribution in [0.3, 0.4) is 0 Å². The van der Waals surface area contributed by atoms with E-state index >= 15 is 0 Å². The number of urea groups is 1. The maximum atomic E-state index is 13.0. The Balaban J connectivity index is 1.45. The van der Waals surface area contributed by atoms with Gasteiger partial charge in [0.1, 0.15) is 17.3 Å². The van der Waals surface area contributed by atoms with Crippen molar-refractivity contribution < 1.29 is 19.1 Å². The molecule has 0 spiro atoms. The maximum absolute atomic E-state index is 13.0. The van der Waals surface area contributed by atoms with Crippen LogP contribution in [0.15, 0.2) is 24.4 Å². The van der Waals surface area contributed by atoms with E-state index in [1.165, 1.54) is 4.90 Å². The molecule has 2 aromatic heterocycles. The van der Waals surface area contributed by atoms with Crippen LogP contribution in [0.2, 0.25) is 0 Å². The molecule has 1 aliphatic carbocycles. The SMILES string of the molecule is COCCNc1cc(NC(=O)N(C)c2ccc(CN3CCN(C)CC3=O)c(C=O)n2)ncc1C#CC1CC1. The second-order valence-electron chi connectivity index (χ2n) is 9.45. The predicted molar refractivity (Wildman–Crippen MR) is 144 cm³/mol. The number of anilines is 3. The molecule has 2 aliphatic rings. The number of piperazine rings is 1. The Morgan fingerprint density at radius 2 is 2.13 bits per heavy atom. The summed E-state index contributed by atoms with van der Waals surface area (Å²) in [7, 11) is 5.09. The van der Waals surface area contributed by atoms with Gasteiger partial charge in [0.2, 0.25) is 5.91 Å². The van der Waals surface area contributed by atoms with Crippen molar-refractivity contribution in [1.82, 2.24) is 19.8 Å². The number of methoxy groups -OCH3 is 1. The average Bonchev–Trinajstić information content (AvgIpc) is 3.74. The second-order valence-corrected chi connectivity index (χ2v) is 9.45. The normalized spacial score (nSPS) is 15.4. The van der Waals surface area contributed by atoms with E-state index in [9.17, 15) is 14.4 Å². The molecule has 1 aliphatic heterocycles. The Bertz CT molecular complexity index is 1250. The fraction of sp³-hybridized carbons (Fsp3) is 0.444. The van der Waals surface area contributed by atoms with Crippen molar-refractivity contribution in [1.29, 1.82) is 0 Å². The summed E-state index contributed by atoms with van der Waals surface area (Å²) in [5, 5.41) is 6.05. The monoisotopic (exact) mass is 519 g/mol. The number of aldehydes is 1. The lowest BCUT2D eigenvalue weighted by Crippen LogP contribution is -2.48. The van der Waals surface area contributed by atoms with Crippen molar-refractivity contribution in [3.8, 4) is 11.8 Å². The Labute approximate surface area is 222 Å². The largest absolute Gasteiger partial charge is 0.383 e. The van der Waals surface area contributed by atoms with E-state index in [4.69, 9.17) is 4.74 Å². The number of hydrogen-bond donors (Lipinski definition) is 2. The van der Waals surface area contributed by atoms with E-state index < -0.39 is 6.03 Å². The first-order chi connectivity index (χ1) is 18.4. The molecule has 11 heteroatoms. The van der Waals surface area contributed by atoms with Gasteiger partial charge in [0.25, 0.3) is 0 Å². The minimum atomic E-state index is -0.469. The second kappa shape index (κ2) is 12.5. The number of rotatable bonds is 9. The zero-order chi connectivity index (χ0) is 27.1. The van der Waals surface area contributed by atoms with Gasteiger partial charge in [-0.2, -0.15) is 0 Å². The summed E-state index contributed by atoms with van der Waals surface area (Å²) in [6.07, 6.45) is 4.54. The third kappa shape index (κ3) is 7.06. The molecule has 0 bridgehead atoms. The van der Waals surface area contributed by atoms with Crippen LogP contribution in [0.1, 0.15) is 34.5 Å². The van der Waals surface area contributed by atoms with Gasteiger partial charge in [-0.05, 0) is 26.0 Å². The van der Waals surface area contributed by atoms with Crippen LogP contribution >= 0.6 is 0 Å². The van der Waals surface area contributed by atoms with Gasteiger partial charge < -0.3 is 15.0 Å². The van der Waals surface area contributed by atoms with Crippen molar-refractivity contribution in [3.05, 3.63) is 41.2 Å². The summed E-state index contributed by atoms with van der Waals surface area (Å²) in [5.41, 5.74) is 2.33. The highest BCUT2D eigenvalue weighted by molar-refractivity contribution is 6.00. The molecule has 11 nitrogen and oxygen atoms in total. The fourth-order valence-corrected chi connectivity index (χ4v) is 3.88. The minimum absolute atomic E-state index is 0.00397. The molecule has 0 unspecified atom stereocenters. The van der Waals surface area contributed by atoms with Crippen molar-refractivity contribution in [2.24, 2.45) is 5.92 Å². The zero-order valence-electron chi connectivity index (χ0n) is 22.0. The fourth-order valence-electron chi connectivity index (χ4n) is 3.88. The first kappa shape index (κ1) is 27.0. The van der Waals surface area contributed by atoms with Crippen LogP contribution in [-0.4, -0.2) is 92.0 Å². The van der Waals surface area contributed by atoms with E-state index in [2.05, 4.69) is 32.4 Å². The van der Waals surface area contributed by atoms with Crippen LogP contribution < -0.4 is 15.5 Å².